The lowest BCUT2D eigenvalue weighted by Crippen LogP contribution is -2.26. The predicted octanol–water partition coefficient (Wildman–Crippen LogP) is 3.43. The maximum Gasteiger partial charge on any atom is 0.129 e. The van der Waals surface area contributed by atoms with Crippen LogP contribution in [0, 0.1) is 12.8 Å². The number of aromatic nitrogens is 1. The number of rotatable bonds is 4. The van der Waals surface area contributed by atoms with Crippen molar-refractivity contribution in [3.05, 3.63) is 23.4 Å². The fourth-order valence-electron chi connectivity index (χ4n) is 3.05. The van der Waals surface area contributed by atoms with Crippen molar-refractivity contribution in [2.45, 2.75) is 46.0 Å². The molecule has 1 aliphatic heterocycles. The van der Waals surface area contributed by atoms with Gasteiger partial charge in [0.25, 0.3) is 0 Å². The summed E-state index contributed by atoms with van der Waals surface area (Å²) in [4.78, 5) is 7.51. The molecule has 1 fully saturated rings. The van der Waals surface area contributed by atoms with Crippen molar-refractivity contribution in [1.29, 1.82) is 0 Å². The van der Waals surface area contributed by atoms with E-state index in [-0.39, 0.29) is 0 Å². The largest absolute Gasteiger partial charge is 0.389 e. The van der Waals surface area contributed by atoms with E-state index in [4.69, 9.17) is 18.0 Å². The molecule has 0 amide bonds. The Hall–Kier alpha value is -1.16. The summed E-state index contributed by atoms with van der Waals surface area (Å²) in [5, 5.41) is 0. The molecular formula is C16H25N3S. The van der Waals surface area contributed by atoms with Crippen molar-refractivity contribution in [1.82, 2.24) is 4.98 Å². The van der Waals surface area contributed by atoms with Crippen LogP contribution in [-0.4, -0.2) is 23.1 Å². The van der Waals surface area contributed by atoms with E-state index < -0.39 is 0 Å². The van der Waals surface area contributed by atoms with E-state index in [0.29, 0.717) is 4.99 Å². The molecule has 1 aliphatic rings. The van der Waals surface area contributed by atoms with Gasteiger partial charge in [0.1, 0.15) is 10.8 Å². The van der Waals surface area contributed by atoms with Crippen molar-refractivity contribution < 1.29 is 0 Å². The molecule has 2 N–H and O–H groups in total. The summed E-state index contributed by atoms with van der Waals surface area (Å²) in [5.41, 5.74) is 7.67. The highest BCUT2D eigenvalue weighted by Gasteiger charge is 2.18. The maximum atomic E-state index is 5.76. The zero-order valence-corrected chi connectivity index (χ0v) is 13.4. The van der Waals surface area contributed by atoms with Crippen molar-refractivity contribution in [2.75, 3.05) is 18.0 Å². The second-order valence-corrected chi connectivity index (χ2v) is 6.23. The lowest BCUT2D eigenvalue weighted by Gasteiger charge is -2.22. The Bertz CT molecular complexity index is 473. The van der Waals surface area contributed by atoms with Crippen LogP contribution in [0.5, 0.6) is 0 Å². The minimum atomic E-state index is 0.454. The van der Waals surface area contributed by atoms with Crippen LogP contribution in [0.2, 0.25) is 0 Å². The third-order valence-corrected chi connectivity index (χ3v) is 4.33. The first-order chi connectivity index (χ1) is 9.60. The molecule has 0 saturated carbocycles. The molecule has 2 heterocycles. The van der Waals surface area contributed by atoms with Gasteiger partial charge in [-0.1, -0.05) is 32.0 Å². The Morgan fingerprint density at radius 2 is 2.20 bits per heavy atom. The van der Waals surface area contributed by atoms with E-state index in [1.54, 1.807) is 0 Å². The van der Waals surface area contributed by atoms with E-state index in [2.05, 4.69) is 16.8 Å². The zero-order chi connectivity index (χ0) is 14.5. The quantitative estimate of drug-likeness (QED) is 0.863. The Kier molecular flexibility index (Phi) is 5.35. The monoisotopic (exact) mass is 291 g/mol. The van der Waals surface area contributed by atoms with Crippen LogP contribution in [0.4, 0.5) is 5.82 Å². The highest BCUT2D eigenvalue weighted by molar-refractivity contribution is 7.80. The number of aryl methyl sites for hydroxylation is 1. The molecule has 1 aromatic heterocycles. The van der Waals surface area contributed by atoms with Crippen molar-refractivity contribution in [3.63, 3.8) is 0 Å². The van der Waals surface area contributed by atoms with Crippen LogP contribution >= 0.6 is 12.2 Å². The molecule has 1 aromatic rings. The fourth-order valence-corrected chi connectivity index (χ4v) is 3.16. The molecule has 4 heteroatoms. The molecule has 0 aliphatic carbocycles. The van der Waals surface area contributed by atoms with E-state index in [1.165, 1.54) is 32.1 Å². The number of hydrogen-bond donors (Lipinski definition) is 1. The van der Waals surface area contributed by atoms with Gasteiger partial charge in [-0.15, -0.1) is 0 Å². The highest BCUT2D eigenvalue weighted by atomic mass is 32.1. The first-order valence-corrected chi connectivity index (χ1v) is 8.04. The second kappa shape index (κ2) is 7.02. The zero-order valence-electron chi connectivity index (χ0n) is 12.6. The van der Waals surface area contributed by atoms with Gasteiger partial charge in [0.15, 0.2) is 0 Å². The third-order valence-electron chi connectivity index (χ3n) is 4.09. The molecule has 1 unspecified atom stereocenters. The van der Waals surface area contributed by atoms with E-state index >= 15 is 0 Å². The van der Waals surface area contributed by atoms with Crippen molar-refractivity contribution >= 4 is 23.0 Å². The average molecular weight is 291 g/mol. The van der Waals surface area contributed by atoms with Gasteiger partial charge in [-0.3, -0.25) is 0 Å². The van der Waals surface area contributed by atoms with Gasteiger partial charge in [0.2, 0.25) is 0 Å². The number of nitrogens with two attached hydrogens (primary N) is 1. The lowest BCUT2D eigenvalue weighted by molar-refractivity contribution is 0.435. The molecule has 110 valence electrons. The van der Waals surface area contributed by atoms with Crippen molar-refractivity contribution in [2.24, 2.45) is 11.7 Å². The maximum absolute atomic E-state index is 5.76. The van der Waals surface area contributed by atoms with Gasteiger partial charge in [0, 0.05) is 24.3 Å². The van der Waals surface area contributed by atoms with Crippen LogP contribution in [0.25, 0.3) is 0 Å². The van der Waals surface area contributed by atoms with Gasteiger partial charge in [0.05, 0.1) is 0 Å². The molecule has 1 saturated heterocycles. The SMILES string of the molecule is CCCC1CCCN(c2cc(C(N)=S)cc(C)n2)CC1. The van der Waals surface area contributed by atoms with Crippen LogP contribution < -0.4 is 10.6 Å². The molecule has 1 atom stereocenters. The number of hydrogen-bond acceptors (Lipinski definition) is 3. The molecule has 3 nitrogen and oxygen atoms in total. The van der Waals surface area contributed by atoms with Gasteiger partial charge in [-0.25, -0.2) is 4.98 Å². The summed E-state index contributed by atoms with van der Waals surface area (Å²) in [5.74, 6) is 1.91. The number of thiocarbonyl (C=S) groups is 1. The second-order valence-electron chi connectivity index (χ2n) is 5.79. The van der Waals surface area contributed by atoms with Gasteiger partial charge in [-0.2, -0.15) is 0 Å². The van der Waals surface area contributed by atoms with Crippen LogP contribution in [-0.2, 0) is 0 Å². The summed E-state index contributed by atoms with van der Waals surface area (Å²) < 4.78 is 0. The first kappa shape index (κ1) is 15.2. The standard InChI is InChI=1S/C16H25N3S/c1-3-5-13-6-4-8-19(9-7-13)15-11-14(16(17)20)10-12(2)18-15/h10-11,13H,3-9H2,1-2H3,(H2,17,20). The first-order valence-electron chi connectivity index (χ1n) is 7.63. The summed E-state index contributed by atoms with van der Waals surface area (Å²) >= 11 is 5.09. The molecule has 20 heavy (non-hydrogen) atoms. The minimum Gasteiger partial charge on any atom is -0.389 e. The number of anilines is 1. The molecule has 0 bridgehead atoms. The summed E-state index contributed by atoms with van der Waals surface area (Å²) in [6.07, 6.45) is 6.51. The minimum absolute atomic E-state index is 0.454. The fraction of sp³-hybridized carbons (Fsp3) is 0.625. The molecule has 2 rings (SSSR count). The molecule has 0 spiro atoms. The van der Waals surface area contributed by atoms with Crippen LogP contribution in [0.1, 0.15) is 50.3 Å². The Morgan fingerprint density at radius 3 is 2.90 bits per heavy atom. The van der Waals surface area contributed by atoms with E-state index in [9.17, 15) is 0 Å². The number of pyridine rings is 1. The van der Waals surface area contributed by atoms with Gasteiger partial charge >= 0.3 is 0 Å². The lowest BCUT2D eigenvalue weighted by atomic mass is 9.96. The van der Waals surface area contributed by atoms with Crippen molar-refractivity contribution in [3.8, 4) is 0 Å². The average Bonchev–Trinajstić information content (AvgIpc) is 2.64. The van der Waals surface area contributed by atoms with E-state index in [0.717, 1.165) is 36.1 Å². The Balaban J connectivity index is 2.13. The highest BCUT2D eigenvalue weighted by Crippen LogP contribution is 2.25. The molecule has 0 radical (unpaired) electrons. The summed E-state index contributed by atoms with van der Waals surface area (Å²) in [6, 6.07) is 4.00. The summed E-state index contributed by atoms with van der Waals surface area (Å²) in [6.45, 7) is 6.47. The third kappa shape index (κ3) is 3.92. The topological polar surface area (TPSA) is 42.1 Å². The summed E-state index contributed by atoms with van der Waals surface area (Å²) in [7, 11) is 0. The number of nitrogens with zero attached hydrogens (tertiary/aromatic N) is 2. The molecule has 0 aromatic carbocycles. The predicted molar refractivity (Wildman–Crippen MR) is 89.3 cm³/mol. The molecular weight excluding hydrogens is 266 g/mol. The smallest absolute Gasteiger partial charge is 0.129 e. The van der Waals surface area contributed by atoms with Crippen LogP contribution in [0.15, 0.2) is 12.1 Å². The Labute approximate surface area is 127 Å². The van der Waals surface area contributed by atoms with Crippen LogP contribution in [0.3, 0.4) is 0 Å². The van der Waals surface area contributed by atoms with Gasteiger partial charge in [-0.05, 0) is 44.2 Å². The Morgan fingerprint density at radius 1 is 1.40 bits per heavy atom. The normalized spacial score (nSPS) is 19.7. The van der Waals surface area contributed by atoms with E-state index in [1.807, 2.05) is 19.1 Å². The van der Waals surface area contributed by atoms with Gasteiger partial charge < -0.3 is 10.6 Å².